The van der Waals surface area contributed by atoms with Crippen LogP contribution < -0.4 is 9.64 Å². The van der Waals surface area contributed by atoms with Crippen molar-refractivity contribution in [2.75, 3.05) is 37.7 Å². The van der Waals surface area contributed by atoms with Crippen molar-refractivity contribution < 1.29 is 9.53 Å². The molecule has 0 fully saturated rings. The topological polar surface area (TPSA) is 45.7 Å². The monoisotopic (exact) mass is 511 g/mol. The van der Waals surface area contributed by atoms with E-state index in [1.807, 2.05) is 53.4 Å². The maximum atomic E-state index is 13.1. The fourth-order valence-corrected chi connectivity index (χ4v) is 4.58. The number of aromatic nitrogens is 1. The van der Waals surface area contributed by atoms with Crippen LogP contribution in [0.3, 0.4) is 0 Å². The first-order valence-electron chi connectivity index (χ1n) is 9.87. The number of halogens is 2. The number of nitrogens with zero attached hydrogens (tertiary/aromatic N) is 3. The fourth-order valence-electron chi connectivity index (χ4n) is 3.02. The highest BCUT2D eigenvalue weighted by Gasteiger charge is 2.20. The lowest BCUT2D eigenvalue weighted by Gasteiger charge is -2.24. The van der Waals surface area contributed by atoms with Crippen LogP contribution in [0.25, 0.3) is 10.2 Å². The Kier molecular flexibility index (Phi) is 10.0. The van der Waals surface area contributed by atoms with Crippen LogP contribution in [-0.2, 0) is 4.79 Å². The maximum absolute atomic E-state index is 13.1. The summed E-state index contributed by atoms with van der Waals surface area (Å²) in [5.41, 5.74) is 0.911. The van der Waals surface area contributed by atoms with Crippen molar-refractivity contribution in [3.8, 4) is 5.75 Å². The average Bonchev–Trinajstić information content (AvgIpc) is 3.14. The summed E-state index contributed by atoms with van der Waals surface area (Å²) in [6.07, 6.45) is 0.312. The molecule has 1 amide bonds. The first-order valence-corrected chi connectivity index (χ1v) is 11.5. The number of ether oxygens (including phenoxy) is 1. The molecule has 5 nitrogen and oxygen atoms in total. The molecule has 0 atom stereocenters. The van der Waals surface area contributed by atoms with E-state index in [0.29, 0.717) is 19.6 Å². The van der Waals surface area contributed by atoms with Gasteiger partial charge in [-0.25, -0.2) is 4.98 Å². The molecular formula is C22H27BrClN3O2S. The number of carbonyl (C=O) groups is 1. The lowest BCUT2D eigenvalue weighted by molar-refractivity contribution is -0.119. The molecule has 0 saturated heterocycles. The molecule has 30 heavy (non-hydrogen) atoms. The van der Waals surface area contributed by atoms with E-state index in [4.69, 9.17) is 9.72 Å². The molecule has 0 aliphatic heterocycles. The predicted molar refractivity (Wildman–Crippen MR) is 131 cm³/mol. The Morgan fingerprint density at radius 2 is 1.83 bits per heavy atom. The van der Waals surface area contributed by atoms with Gasteiger partial charge in [0.2, 0.25) is 5.91 Å². The summed E-state index contributed by atoms with van der Waals surface area (Å²) in [7, 11) is 0. The Labute approximate surface area is 196 Å². The van der Waals surface area contributed by atoms with Crippen molar-refractivity contribution in [3.05, 3.63) is 53.0 Å². The molecule has 1 aromatic heterocycles. The molecule has 0 N–H and O–H groups in total. The van der Waals surface area contributed by atoms with E-state index in [-0.39, 0.29) is 18.3 Å². The van der Waals surface area contributed by atoms with Gasteiger partial charge in [-0.2, -0.15) is 0 Å². The zero-order chi connectivity index (χ0) is 20.6. The number of para-hydroxylation sites is 1. The van der Waals surface area contributed by atoms with Gasteiger partial charge in [0, 0.05) is 17.6 Å². The highest BCUT2D eigenvalue weighted by atomic mass is 79.9. The van der Waals surface area contributed by atoms with E-state index in [1.54, 1.807) is 11.3 Å². The summed E-state index contributed by atoms with van der Waals surface area (Å²) in [6.45, 7) is 7.98. The fraction of sp³-hybridized carbons (Fsp3) is 0.364. The van der Waals surface area contributed by atoms with E-state index in [0.717, 1.165) is 45.2 Å². The number of hydrogen-bond donors (Lipinski definition) is 0. The van der Waals surface area contributed by atoms with Crippen LogP contribution in [0.1, 0.15) is 20.3 Å². The highest BCUT2D eigenvalue weighted by Crippen LogP contribution is 2.31. The number of amides is 1. The summed E-state index contributed by atoms with van der Waals surface area (Å²) < 4.78 is 7.80. The summed E-state index contributed by atoms with van der Waals surface area (Å²) in [4.78, 5) is 21.9. The molecular weight excluding hydrogens is 486 g/mol. The third-order valence-electron chi connectivity index (χ3n) is 4.73. The third-order valence-corrected chi connectivity index (χ3v) is 6.27. The van der Waals surface area contributed by atoms with E-state index in [2.05, 4.69) is 34.7 Å². The number of carbonyl (C=O) groups excluding carboxylic acids is 1. The van der Waals surface area contributed by atoms with Gasteiger partial charge in [0.05, 0.1) is 23.2 Å². The summed E-state index contributed by atoms with van der Waals surface area (Å²) in [6, 6.07) is 15.6. The number of fused-ring (bicyclic) bond motifs is 1. The summed E-state index contributed by atoms with van der Waals surface area (Å²) >= 11 is 5.06. The van der Waals surface area contributed by atoms with Crippen LogP contribution in [0, 0.1) is 0 Å². The van der Waals surface area contributed by atoms with Gasteiger partial charge in [0.1, 0.15) is 5.75 Å². The van der Waals surface area contributed by atoms with Crippen molar-refractivity contribution in [1.82, 2.24) is 9.88 Å². The first kappa shape index (κ1) is 24.6. The summed E-state index contributed by atoms with van der Waals surface area (Å²) in [5.74, 6) is 0.811. The van der Waals surface area contributed by atoms with E-state index >= 15 is 0 Å². The molecule has 0 radical (unpaired) electrons. The zero-order valence-electron chi connectivity index (χ0n) is 17.2. The van der Waals surface area contributed by atoms with Crippen molar-refractivity contribution in [3.63, 3.8) is 0 Å². The van der Waals surface area contributed by atoms with E-state index in [1.165, 1.54) is 0 Å². The minimum atomic E-state index is 0. The van der Waals surface area contributed by atoms with Crippen molar-refractivity contribution >= 4 is 60.9 Å². The molecule has 3 aromatic rings. The number of benzene rings is 2. The normalized spacial score (nSPS) is 10.8. The summed E-state index contributed by atoms with van der Waals surface area (Å²) in [5, 5.41) is 0.745. The van der Waals surface area contributed by atoms with Crippen LogP contribution >= 0.6 is 39.7 Å². The van der Waals surface area contributed by atoms with Gasteiger partial charge in [-0.05, 0) is 43.4 Å². The molecule has 0 saturated carbocycles. The molecule has 0 aliphatic carbocycles. The van der Waals surface area contributed by atoms with E-state index in [9.17, 15) is 4.79 Å². The number of rotatable bonds is 10. The van der Waals surface area contributed by atoms with Crippen LogP contribution in [-0.4, -0.2) is 48.6 Å². The SMILES string of the molecule is CCN(CC)CCN(C(=O)CCOc1ccccc1)c1nc2ccc(Br)cc2s1.Cl. The third kappa shape index (κ3) is 6.67. The van der Waals surface area contributed by atoms with Gasteiger partial charge in [-0.1, -0.05) is 59.3 Å². The van der Waals surface area contributed by atoms with Crippen LogP contribution in [0.5, 0.6) is 5.75 Å². The van der Waals surface area contributed by atoms with Gasteiger partial charge < -0.3 is 9.64 Å². The second-order valence-electron chi connectivity index (χ2n) is 6.59. The predicted octanol–water partition coefficient (Wildman–Crippen LogP) is 5.62. The Bertz CT molecular complexity index is 935. The van der Waals surface area contributed by atoms with Gasteiger partial charge >= 0.3 is 0 Å². The molecule has 2 aromatic carbocycles. The largest absolute Gasteiger partial charge is 0.493 e. The second kappa shape index (κ2) is 12.2. The molecule has 162 valence electrons. The second-order valence-corrected chi connectivity index (χ2v) is 8.52. The maximum Gasteiger partial charge on any atom is 0.232 e. The molecule has 0 aliphatic rings. The van der Waals surface area contributed by atoms with E-state index < -0.39 is 0 Å². The van der Waals surface area contributed by atoms with Crippen LogP contribution in [0.15, 0.2) is 53.0 Å². The molecule has 0 unspecified atom stereocenters. The lowest BCUT2D eigenvalue weighted by atomic mass is 10.3. The van der Waals surface area contributed by atoms with Crippen LogP contribution in [0.4, 0.5) is 5.13 Å². The Balaban J connectivity index is 0.00000320. The lowest BCUT2D eigenvalue weighted by Crippen LogP contribution is -2.39. The molecule has 0 bridgehead atoms. The van der Waals surface area contributed by atoms with Crippen LogP contribution in [0.2, 0.25) is 0 Å². The number of likely N-dealkylation sites (N-methyl/N-ethyl adjacent to an activating group) is 1. The minimum Gasteiger partial charge on any atom is -0.493 e. The molecule has 1 heterocycles. The van der Waals surface area contributed by atoms with Gasteiger partial charge in [-0.3, -0.25) is 9.69 Å². The van der Waals surface area contributed by atoms with Gasteiger partial charge in [-0.15, -0.1) is 12.4 Å². The minimum absolute atomic E-state index is 0. The van der Waals surface area contributed by atoms with Gasteiger partial charge in [0.25, 0.3) is 0 Å². The Morgan fingerprint density at radius 3 is 2.53 bits per heavy atom. The zero-order valence-corrected chi connectivity index (χ0v) is 20.4. The Hall–Kier alpha value is -1.67. The average molecular weight is 513 g/mol. The quantitative estimate of drug-likeness (QED) is 0.353. The van der Waals surface area contributed by atoms with Crippen molar-refractivity contribution in [2.24, 2.45) is 0 Å². The number of hydrogen-bond acceptors (Lipinski definition) is 5. The Morgan fingerprint density at radius 1 is 1.10 bits per heavy atom. The smallest absolute Gasteiger partial charge is 0.232 e. The molecule has 0 spiro atoms. The molecule has 8 heteroatoms. The number of anilines is 1. The van der Waals surface area contributed by atoms with Crippen molar-refractivity contribution in [1.29, 1.82) is 0 Å². The highest BCUT2D eigenvalue weighted by molar-refractivity contribution is 9.10. The standard InChI is InChI=1S/C22H26BrN3O2S.ClH/c1-3-25(4-2)13-14-26(21(27)12-15-28-18-8-6-5-7-9-18)22-24-19-11-10-17(23)16-20(19)29-22;/h5-11,16H,3-4,12-15H2,1-2H3;1H. The molecule has 3 rings (SSSR count). The van der Waals surface area contributed by atoms with Crippen molar-refractivity contribution in [2.45, 2.75) is 20.3 Å². The first-order chi connectivity index (χ1) is 14.1. The number of thiazole rings is 1. The van der Waals surface area contributed by atoms with Gasteiger partial charge in [0.15, 0.2) is 5.13 Å².